The lowest BCUT2D eigenvalue weighted by Gasteiger charge is -2.27. The number of rotatable bonds is 7. The summed E-state index contributed by atoms with van der Waals surface area (Å²) in [6.45, 7) is 1.33. The summed E-state index contributed by atoms with van der Waals surface area (Å²) in [6, 6.07) is -0.854. The molecule has 0 spiro atoms. The number of carbonyl (C=O) groups is 3. The first kappa shape index (κ1) is 13.5. The van der Waals surface area contributed by atoms with E-state index in [-0.39, 0.29) is 5.91 Å². The van der Waals surface area contributed by atoms with Gasteiger partial charge in [-0.3, -0.25) is 9.59 Å². The van der Waals surface area contributed by atoms with Crippen LogP contribution < -0.4 is 5.32 Å². The third-order valence-electron chi connectivity index (χ3n) is 2.91. The number of nitrogens with one attached hydrogen (secondary N) is 1. The van der Waals surface area contributed by atoms with Crippen molar-refractivity contribution in [3.63, 3.8) is 0 Å². The van der Waals surface area contributed by atoms with E-state index >= 15 is 0 Å². The lowest BCUT2D eigenvalue weighted by molar-refractivity contribution is -0.140. The minimum atomic E-state index is -1.04. The second-order valence-electron chi connectivity index (χ2n) is 4.16. The van der Waals surface area contributed by atoms with Crippen LogP contribution in [0.3, 0.4) is 0 Å². The van der Waals surface area contributed by atoms with E-state index in [1.807, 2.05) is 0 Å². The monoisotopic (exact) mass is 242 g/mol. The fraction of sp³-hybridized carbons (Fsp3) is 0.727. The summed E-state index contributed by atoms with van der Waals surface area (Å²) in [6.07, 6.45) is 3.88. The van der Waals surface area contributed by atoms with Gasteiger partial charge in [0.05, 0.1) is 0 Å². The summed E-state index contributed by atoms with van der Waals surface area (Å²) in [5, 5.41) is 11.0. The second kappa shape index (κ2) is 6.88. The van der Waals surface area contributed by atoms with E-state index in [9.17, 15) is 14.4 Å². The average Bonchev–Trinajstić information content (AvgIpc) is 2.30. The summed E-state index contributed by atoms with van der Waals surface area (Å²) in [4.78, 5) is 34.2. The molecule has 1 rings (SSSR count). The molecule has 0 bridgehead atoms. The summed E-state index contributed by atoms with van der Waals surface area (Å²) in [5.41, 5.74) is 0. The molecule has 0 radical (unpaired) electrons. The van der Waals surface area contributed by atoms with Crippen molar-refractivity contribution in [3.8, 4) is 0 Å². The highest BCUT2D eigenvalue weighted by Gasteiger charge is 2.19. The molecule has 1 heterocycles. The fourth-order valence-corrected chi connectivity index (χ4v) is 1.94. The third kappa shape index (κ3) is 4.42. The van der Waals surface area contributed by atoms with Crippen LogP contribution >= 0.6 is 0 Å². The molecule has 0 aromatic carbocycles. The van der Waals surface area contributed by atoms with E-state index < -0.39 is 12.0 Å². The molecular weight excluding hydrogens is 224 g/mol. The van der Waals surface area contributed by atoms with Gasteiger partial charge >= 0.3 is 5.97 Å². The second-order valence-corrected chi connectivity index (χ2v) is 4.16. The molecule has 6 heteroatoms. The standard InChI is InChI=1S/C11H18N2O4/c14-8-12-9(11(16)17)4-3-7-13-6-2-1-5-10(13)15/h8-9H,1-7H2,(H,12,14)(H,16,17). The lowest BCUT2D eigenvalue weighted by atomic mass is 10.1. The highest BCUT2D eigenvalue weighted by Crippen LogP contribution is 2.11. The average molecular weight is 242 g/mol. The zero-order valence-corrected chi connectivity index (χ0v) is 9.72. The van der Waals surface area contributed by atoms with Crippen molar-refractivity contribution in [2.24, 2.45) is 0 Å². The van der Waals surface area contributed by atoms with Gasteiger partial charge in [0.25, 0.3) is 0 Å². The van der Waals surface area contributed by atoms with Crippen molar-refractivity contribution in [2.75, 3.05) is 13.1 Å². The van der Waals surface area contributed by atoms with Gasteiger partial charge in [-0.1, -0.05) is 0 Å². The molecule has 0 aliphatic carbocycles. The first-order valence-electron chi connectivity index (χ1n) is 5.85. The van der Waals surface area contributed by atoms with Crippen LogP contribution in [-0.4, -0.2) is 47.4 Å². The molecule has 6 nitrogen and oxygen atoms in total. The van der Waals surface area contributed by atoms with E-state index in [4.69, 9.17) is 5.11 Å². The molecule has 0 saturated carbocycles. The van der Waals surface area contributed by atoms with Crippen LogP contribution in [0, 0.1) is 0 Å². The Balaban J connectivity index is 2.27. The molecule has 0 aromatic heterocycles. The maximum Gasteiger partial charge on any atom is 0.326 e. The summed E-state index contributed by atoms with van der Waals surface area (Å²) < 4.78 is 0. The molecule has 1 aliphatic rings. The molecule has 96 valence electrons. The maximum atomic E-state index is 11.5. The number of hydrogen-bond acceptors (Lipinski definition) is 3. The molecule has 1 saturated heterocycles. The van der Waals surface area contributed by atoms with Crippen LogP contribution in [-0.2, 0) is 14.4 Å². The third-order valence-corrected chi connectivity index (χ3v) is 2.91. The Morgan fingerprint density at radius 2 is 2.29 bits per heavy atom. The number of aliphatic carboxylic acids is 1. The van der Waals surface area contributed by atoms with E-state index in [0.29, 0.717) is 32.2 Å². The van der Waals surface area contributed by atoms with Crippen molar-refractivity contribution in [3.05, 3.63) is 0 Å². The Morgan fingerprint density at radius 3 is 2.88 bits per heavy atom. The lowest BCUT2D eigenvalue weighted by Crippen LogP contribution is -2.39. The molecule has 2 amide bonds. The Kier molecular flexibility index (Phi) is 5.45. The van der Waals surface area contributed by atoms with E-state index in [2.05, 4.69) is 5.32 Å². The Labute approximate surface area is 100.0 Å². The van der Waals surface area contributed by atoms with Gasteiger partial charge in [-0.25, -0.2) is 4.79 Å². The number of carboxylic acid groups (broad SMARTS) is 1. The van der Waals surface area contributed by atoms with Gasteiger partial charge in [-0.2, -0.15) is 0 Å². The van der Waals surface area contributed by atoms with Gasteiger partial charge in [0.1, 0.15) is 6.04 Å². The molecular formula is C11H18N2O4. The summed E-state index contributed by atoms with van der Waals surface area (Å²) in [7, 11) is 0. The Hall–Kier alpha value is -1.59. The number of carbonyl (C=O) groups excluding carboxylic acids is 2. The largest absolute Gasteiger partial charge is 0.480 e. The predicted molar refractivity (Wildman–Crippen MR) is 60.3 cm³/mol. The van der Waals surface area contributed by atoms with E-state index in [0.717, 1.165) is 19.4 Å². The number of nitrogens with zero attached hydrogens (tertiary/aromatic N) is 1. The highest BCUT2D eigenvalue weighted by atomic mass is 16.4. The van der Waals surface area contributed by atoms with Gasteiger partial charge in [-0.05, 0) is 25.7 Å². The Morgan fingerprint density at radius 1 is 1.53 bits per heavy atom. The fourth-order valence-electron chi connectivity index (χ4n) is 1.94. The minimum absolute atomic E-state index is 0.145. The number of likely N-dealkylation sites (tertiary alicyclic amines) is 1. The summed E-state index contributed by atoms with van der Waals surface area (Å²) in [5.74, 6) is -0.895. The van der Waals surface area contributed by atoms with Crippen LogP contribution in [0.4, 0.5) is 0 Å². The van der Waals surface area contributed by atoms with Crippen LogP contribution in [0.15, 0.2) is 0 Å². The molecule has 1 aliphatic heterocycles. The van der Waals surface area contributed by atoms with Gasteiger partial charge in [0.2, 0.25) is 12.3 Å². The smallest absolute Gasteiger partial charge is 0.326 e. The zero-order valence-electron chi connectivity index (χ0n) is 9.72. The van der Waals surface area contributed by atoms with Crippen molar-refractivity contribution in [2.45, 2.75) is 38.1 Å². The topological polar surface area (TPSA) is 86.7 Å². The molecule has 1 fully saturated rings. The van der Waals surface area contributed by atoms with Gasteiger partial charge < -0.3 is 15.3 Å². The molecule has 17 heavy (non-hydrogen) atoms. The Bertz CT molecular complexity index is 293. The van der Waals surface area contributed by atoms with Crippen LogP contribution in [0.1, 0.15) is 32.1 Å². The first-order chi connectivity index (χ1) is 8.15. The van der Waals surface area contributed by atoms with Crippen molar-refractivity contribution >= 4 is 18.3 Å². The first-order valence-corrected chi connectivity index (χ1v) is 5.85. The van der Waals surface area contributed by atoms with Crippen molar-refractivity contribution < 1.29 is 19.5 Å². The molecule has 2 N–H and O–H groups in total. The highest BCUT2D eigenvalue weighted by molar-refractivity contribution is 5.77. The van der Waals surface area contributed by atoms with Gasteiger partial charge in [0, 0.05) is 19.5 Å². The van der Waals surface area contributed by atoms with Crippen LogP contribution in [0.25, 0.3) is 0 Å². The van der Waals surface area contributed by atoms with Crippen LogP contribution in [0.5, 0.6) is 0 Å². The van der Waals surface area contributed by atoms with Crippen molar-refractivity contribution in [1.82, 2.24) is 10.2 Å². The number of hydrogen-bond donors (Lipinski definition) is 2. The zero-order chi connectivity index (χ0) is 12.7. The molecule has 1 atom stereocenters. The van der Waals surface area contributed by atoms with E-state index in [1.165, 1.54) is 0 Å². The van der Waals surface area contributed by atoms with Crippen molar-refractivity contribution in [1.29, 1.82) is 0 Å². The molecule has 1 unspecified atom stereocenters. The molecule has 0 aromatic rings. The van der Waals surface area contributed by atoms with Gasteiger partial charge in [0.15, 0.2) is 0 Å². The SMILES string of the molecule is O=CNC(CCCN1CCCCC1=O)C(=O)O. The quantitative estimate of drug-likeness (QED) is 0.614. The predicted octanol–water partition coefficient (Wildman–Crippen LogP) is -0.0217. The summed E-state index contributed by atoms with van der Waals surface area (Å²) >= 11 is 0. The minimum Gasteiger partial charge on any atom is -0.480 e. The van der Waals surface area contributed by atoms with E-state index in [1.54, 1.807) is 4.90 Å². The number of piperidine rings is 1. The number of carboxylic acids is 1. The van der Waals surface area contributed by atoms with Gasteiger partial charge in [-0.15, -0.1) is 0 Å². The van der Waals surface area contributed by atoms with Crippen LogP contribution in [0.2, 0.25) is 0 Å². The number of amides is 2. The maximum absolute atomic E-state index is 11.5. The normalized spacial score (nSPS) is 17.6.